The van der Waals surface area contributed by atoms with Gasteiger partial charge in [0.25, 0.3) is 0 Å². The summed E-state index contributed by atoms with van der Waals surface area (Å²) in [6.45, 7) is 11.0. The van der Waals surface area contributed by atoms with Crippen molar-refractivity contribution in [1.29, 1.82) is 0 Å². The number of ether oxygens (including phenoxy) is 2. The first-order chi connectivity index (χ1) is 9.23. The molecule has 0 N–H and O–H groups in total. The van der Waals surface area contributed by atoms with Gasteiger partial charge in [0.05, 0.1) is 5.41 Å². The predicted molar refractivity (Wildman–Crippen MR) is 77.1 cm³/mol. The monoisotopic (exact) mass is 282 g/mol. The van der Waals surface area contributed by atoms with E-state index in [9.17, 15) is 9.59 Å². The highest BCUT2D eigenvalue weighted by Crippen LogP contribution is 2.38. The molecule has 0 bridgehead atoms. The van der Waals surface area contributed by atoms with Gasteiger partial charge in [-0.3, -0.25) is 4.79 Å². The summed E-state index contributed by atoms with van der Waals surface area (Å²) in [6.07, 6.45) is 4.34. The summed E-state index contributed by atoms with van der Waals surface area (Å²) in [5, 5.41) is 0. The van der Waals surface area contributed by atoms with Gasteiger partial charge in [-0.15, -0.1) is 0 Å². The van der Waals surface area contributed by atoms with Crippen LogP contribution in [0.4, 0.5) is 0 Å². The van der Waals surface area contributed by atoms with Gasteiger partial charge >= 0.3 is 11.9 Å². The zero-order valence-electron chi connectivity index (χ0n) is 13.1. The normalized spacial score (nSPS) is 17.6. The number of carbonyl (C=O) groups excluding carboxylic acids is 2. The van der Waals surface area contributed by atoms with Gasteiger partial charge in [0, 0.05) is 0 Å². The van der Waals surface area contributed by atoms with E-state index in [1.165, 1.54) is 0 Å². The summed E-state index contributed by atoms with van der Waals surface area (Å²) in [6, 6.07) is 0. The Morgan fingerprint density at radius 3 is 2.25 bits per heavy atom. The van der Waals surface area contributed by atoms with Crippen LogP contribution in [0.3, 0.4) is 0 Å². The standard InChI is InChI=1S/C16H26O4/c1-6-15(4,5)14(18)19-11-13(17)20-16(12(2)3)9-7-8-10-16/h2,6-11H2,1,3-5H3. The van der Waals surface area contributed by atoms with Crippen LogP contribution in [0.1, 0.15) is 59.8 Å². The molecule has 0 aromatic carbocycles. The van der Waals surface area contributed by atoms with Gasteiger partial charge in [0.15, 0.2) is 6.61 Å². The van der Waals surface area contributed by atoms with Crippen molar-refractivity contribution in [3.63, 3.8) is 0 Å². The molecule has 0 aliphatic heterocycles. The van der Waals surface area contributed by atoms with Crippen LogP contribution in [0, 0.1) is 5.41 Å². The lowest BCUT2D eigenvalue weighted by Crippen LogP contribution is -2.36. The smallest absolute Gasteiger partial charge is 0.345 e. The van der Waals surface area contributed by atoms with E-state index in [0.717, 1.165) is 31.3 Å². The van der Waals surface area contributed by atoms with Gasteiger partial charge in [0.2, 0.25) is 0 Å². The fraction of sp³-hybridized carbons (Fsp3) is 0.750. The van der Waals surface area contributed by atoms with Gasteiger partial charge in [-0.25, -0.2) is 4.79 Å². The lowest BCUT2D eigenvalue weighted by molar-refractivity contribution is -0.171. The van der Waals surface area contributed by atoms with Gasteiger partial charge < -0.3 is 9.47 Å². The van der Waals surface area contributed by atoms with Crippen molar-refractivity contribution in [2.75, 3.05) is 6.61 Å². The average molecular weight is 282 g/mol. The summed E-state index contributed by atoms with van der Waals surface area (Å²) < 4.78 is 10.6. The zero-order chi connectivity index (χ0) is 15.4. The molecule has 0 spiro atoms. The summed E-state index contributed by atoms with van der Waals surface area (Å²) in [4.78, 5) is 23.7. The number of carbonyl (C=O) groups is 2. The predicted octanol–water partition coefficient (Wildman–Crippen LogP) is 3.40. The van der Waals surface area contributed by atoms with E-state index in [4.69, 9.17) is 9.47 Å². The van der Waals surface area contributed by atoms with Gasteiger partial charge in [0.1, 0.15) is 5.60 Å². The van der Waals surface area contributed by atoms with Crippen molar-refractivity contribution in [3.05, 3.63) is 12.2 Å². The molecule has 4 heteroatoms. The second kappa shape index (κ2) is 6.42. The Kier molecular flexibility index (Phi) is 5.37. The molecule has 1 rings (SSSR count). The SMILES string of the molecule is C=C(C)C1(OC(=O)COC(=O)C(C)(C)CC)CCCC1. The van der Waals surface area contributed by atoms with E-state index in [1.54, 1.807) is 13.8 Å². The molecule has 0 atom stereocenters. The highest BCUT2D eigenvalue weighted by atomic mass is 16.6. The molecule has 20 heavy (non-hydrogen) atoms. The van der Waals surface area contributed by atoms with Crippen molar-refractivity contribution in [1.82, 2.24) is 0 Å². The van der Waals surface area contributed by atoms with Crippen molar-refractivity contribution in [2.45, 2.75) is 65.4 Å². The Balaban J connectivity index is 2.52. The van der Waals surface area contributed by atoms with Crippen LogP contribution < -0.4 is 0 Å². The van der Waals surface area contributed by atoms with Gasteiger partial charge in [-0.05, 0) is 58.4 Å². The Bertz CT molecular complexity index is 389. The molecule has 0 aromatic heterocycles. The van der Waals surface area contributed by atoms with Gasteiger partial charge in [-0.1, -0.05) is 13.5 Å². The van der Waals surface area contributed by atoms with E-state index in [0.29, 0.717) is 6.42 Å². The third kappa shape index (κ3) is 3.84. The van der Waals surface area contributed by atoms with Crippen molar-refractivity contribution in [3.8, 4) is 0 Å². The molecular weight excluding hydrogens is 256 g/mol. The highest BCUT2D eigenvalue weighted by molar-refractivity contribution is 5.80. The van der Waals surface area contributed by atoms with Crippen molar-refractivity contribution < 1.29 is 19.1 Å². The molecule has 1 aliphatic carbocycles. The second-order valence-electron chi connectivity index (χ2n) is 6.27. The molecule has 1 fully saturated rings. The van der Waals surface area contributed by atoms with Gasteiger partial charge in [-0.2, -0.15) is 0 Å². The average Bonchev–Trinajstić information content (AvgIpc) is 2.85. The van der Waals surface area contributed by atoms with Crippen LogP contribution in [0.5, 0.6) is 0 Å². The van der Waals surface area contributed by atoms with E-state index in [2.05, 4.69) is 6.58 Å². The molecule has 0 unspecified atom stereocenters. The molecule has 1 aliphatic rings. The molecule has 0 heterocycles. The number of hydrogen-bond donors (Lipinski definition) is 0. The summed E-state index contributed by atoms with van der Waals surface area (Å²) in [7, 11) is 0. The molecule has 1 saturated carbocycles. The first kappa shape index (κ1) is 16.7. The molecular formula is C16H26O4. The topological polar surface area (TPSA) is 52.6 Å². The van der Waals surface area contributed by atoms with Crippen LogP contribution in [0.2, 0.25) is 0 Å². The number of rotatable bonds is 6. The summed E-state index contributed by atoms with van der Waals surface area (Å²) >= 11 is 0. The van der Waals surface area contributed by atoms with Crippen molar-refractivity contribution in [2.24, 2.45) is 5.41 Å². The maximum Gasteiger partial charge on any atom is 0.345 e. The Morgan fingerprint density at radius 2 is 1.80 bits per heavy atom. The highest BCUT2D eigenvalue weighted by Gasteiger charge is 2.39. The van der Waals surface area contributed by atoms with Crippen LogP contribution in [-0.4, -0.2) is 24.1 Å². The third-order valence-corrected chi connectivity index (χ3v) is 4.26. The largest absolute Gasteiger partial charge is 0.453 e. The Morgan fingerprint density at radius 1 is 1.25 bits per heavy atom. The molecule has 0 aromatic rings. The lowest BCUT2D eigenvalue weighted by Gasteiger charge is -2.29. The summed E-state index contributed by atoms with van der Waals surface area (Å²) in [5.41, 5.74) is -0.257. The first-order valence-corrected chi connectivity index (χ1v) is 7.28. The third-order valence-electron chi connectivity index (χ3n) is 4.26. The molecule has 114 valence electrons. The van der Waals surface area contributed by atoms with E-state index >= 15 is 0 Å². The van der Waals surface area contributed by atoms with Crippen LogP contribution in [-0.2, 0) is 19.1 Å². The Labute approximate surface area is 121 Å². The summed E-state index contributed by atoms with van der Waals surface area (Å²) in [5.74, 6) is -0.858. The Hall–Kier alpha value is -1.32. The minimum absolute atomic E-state index is 0.322. The first-order valence-electron chi connectivity index (χ1n) is 7.28. The van der Waals surface area contributed by atoms with Crippen LogP contribution in [0.15, 0.2) is 12.2 Å². The quantitative estimate of drug-likeness (QED) is 0.553. The number of hydrogen-bond acceptors (Lipinski definition) is 4. The molecule has 0 amide bonds. The zero-order valence-corrected chi connectivity index (χ0v) is 13.1. The fourth-order valence-electron chi connectivity index (χ4n) is 2.27. The number of esters is 2. The lowest BCUT2D eigenvalue weighted by atomic mass is 9.91. The molecule has 4 nitrogen and oxygen atoms in total. The van der Waals surface area contributed by atoms with Crippen LogP contribution >= 0.6 is 0 Å². The molecule has 0 radical (unpaired) electrons. The molecule has 0 saturated heterocycles. The maximum absolute atomic E-state index is 11.9. The van der Waals surface area contributed by atoms with Crippen molar-refractivity contribution >= 4 is 11.9 Å². The fourth-order valence-corrected chi connectivity index (χ4v) is 2.27. The van der Waals surface area contributed by atoms with E-state index < -0.39 is 17.0 Å². The maximum atomic E-state index is 11.9. The minimum atomic E-state index is -0.570. The van der Waals surface area contributed by atoms with E-state index in [1.807, 2.05) is 13.8 Å². The van der Waals surface area contributed by atoms with Crippen LogP contribution in [0.25, 0.3) is 0 Å². The minimum Gasteiger partial charge on any atom is -0.453 e. The van der Waals surface area contributed by atoms with E-state index in [-0.39, 0.29) is 12.6 Å². The second-order valence-corrected chi connectivity index (χ2v) is 6.27.